The van der Waals surface area contributed by atoms with Crippen LogP contribution >= 0.6 is 0 Å². The molecule has 0 N–H and O–H groups in total. The molecule has 0 amide bonds. The van der Waals surface area contributed by atoms with Crippen molar-refractivity contribution in [3.05, 3.63) is 47.5 Å². The first kappa shape index (κ1) is 23.8. The summed E-state index contributed by atoms with van der Waals surface area (Å²) in [5.74, 6) is 2.33. The molecule has 5 rings (SSSR count). The van der Waals surface area contributed by atoms with E-state index in [2.05, 4.69) is 38.1 Å². The second-order valence-corrected chi connectivity index (χ2v) is 13.2. The Labute approximate surface area is 205 Å². The molecule has 0 saturated heterocycles. The van der Waals surface area contributed by atoms with E-state index in [9.17, 15) is 9.59 Å². The van der Waals surface area contributed by atoms with Crippen LogP contribution in [0.1, 0.15) is 85.1 Å². The van der Waals surface area contributed by atoms with Gasteiger partial charge < -0.3 is 4.74 Å². The van der Waals surface area contributed by atoms with Crippen molar-refractivity contribution in [2.24, 2.45) is 40.4 Å². The summed E-state index contributed by atoms with van der Waals surface area (Å²) in [6.45, 7) is 10.8. The Hall–Kier alpha value is -1.90. The molecule has 34 heavy (non-hydrogen) atoms. The van der Waals surface area contributed by atoms with Gasteiger partial charge in [0.15, 0.2) is 5.78 Å². The van der Waals surface area contributed by atoms with Crippen LogP contribution in [0.5, 0.6) is 0 Å². The number of carbonyl (C=O) groups excluding carboxylic acids is 2. The summed E-state index contributed by atoms with van der Waals surface area (Å²) in [4.78, 5) is 26.2. The first-order valence-corrected chi connectivity index (χ1v) is 13.5. The number of esters is 1. The zero-order chi connectivity index (χ0) is 24.3. The average Bonchev–Trinajstić information content (AvgIpc) is 3.12. The maximum atomic E-state index is 13.2. The first-order valence-electron chi connectivity index (χ1n) is 13.5. The van der Waals surface area contributed by atoms with Gasteiger partial charge in [-0.1, -0.05) is 49.8 Å². The molecule has 4 aliphatic rings. The van der Waals surface area contributed by atoms with Gasteiger partial charge in [-0.05, 0) is 112 Å². The summed E-state index contributed by atoms with van der Waals surface area (Å²) in [7, 11) is 0. The van der Waals surface area contributed by atoms with E-state index in [0.717, 1.165) is 44.9 Å². The lowest BCUT2D eigenvalue weighted by molar-refractivity contribution is -0.167. The Balaban J connectivity index is 1.38. The van der Waals surface area contributed by atoms with Gasteiger partial charge in [-0.3, -0.25) is 9.59 Å². The topological polar surface area (TPSA) is 43.4 Å². The molecule has 3 saturated carbocycles. The van der Waals surface area contributed by atoms with Crippen molar-refractivity contribution in [1.29, 1.82) is 0 Å². The third-order valence-electron chi connectivity index (χ3n) is 10.1. The van der Waals surface area contributed by atoms with Crippen molar-refractivity contribution in [3.63, 3.8) is 0 Å². The fourth-order valence-electron chi connectivity index (χ4n) is 8.58. The largest absolute Gasteiger partial charge is 0.460 e. The Kier molecular flexibility index (Phi) is 5.85. The molecule has 3 nitrogen and oxygen atoms in total. The van der Waals surface area contributed by atoms with E-state index >= 15 is 0 Å². The lowest BCUT2D eigenvalue weighted by atomic mass is 9.46. The highest BCUT2D eigenvalue weighted by Gasteiger charge is 2.61. The molecule has 184 valence electrons. The quantitative estimate of drug-likeness (QED) is 0.457. The predicted molar refractivity (Wildman–Crippen MR) is 135 cm³/mol. The van der Waals surface area contributed by atoms with Gasteiger partial charge >= 0.3 is 5.97 Å². The number of hydrogen-bond acceptors (Lipinski definition) is 3. The molecule has 0 heterocycles. The predicted octanol–water partition coefficient (Wildman–Crippen LogP) is 6.95. The average molecular weight is 463 g/mol. The molecule has 0 radical (unpaired) electrons. The van der Waals surface area contributed by atoms with Crippen LogP contribution in [-0.4, -0.2) is 17.4 Å². The van der Waals surface area contributed by atoms with Gasteiger partial charge in [-0.25, -0.2) is 0 Å². The van der Waals surface area contributed by atoms with E-state index in [1.54, 1.807) is 0 Å². The third kappa shape index (κ3) is 3.97. The van der Waals surface area contributed by atoms with Crippen LogP contribution in [0.15, 0.2) is 42.0 Å². The molecule has 1 aromatic rings. The Morgan fingerprint density at radius 2 is 1.76 bits per heavy atom. The molecule has 3 fully saturated rings. The number of allylic oxidation sites excluding steroid dienone is 1. The number of benzene rings is 1. The summed E-state index contributed by atoms with van der Waals surface area (Å²) in [6, 6.07) is 10.5. The maximum absolute atomic E-state index is 13.2. The highest BCUT2D eigenvalue weighted by Crippen LogP contribution is 2.67. The first-order chi connectivity index (χ1) is 16.0. The lowest BCUT2D eigenvalue weighted by Crippen LogP contribution is -2.52. The van der Waals surface area contributed by atoms with Gasteiger partial charge in [-0.2, -0.15) is 0 Å². The smallest absolute Gasteiger partial charge is 0.310 e. The molecule has 0 unspecified atom stereocenters. The fraction of sp³-hybridized carbons (Fsp3) is 0.677. The molecule has 3 heteroatoms. The minimum Gasteiger partial charge on any atom is -0.460 e. The number of ketones is 1. The van der Waals surface area contributed by atoms with Crippen molar-refractivity contribution in [1.82, 2.24) is 0 Å². The van der Waals surface area contributed by atoms with Crippen molar-refractivity contribution < 1.29 is 14.3 Å². The number of hydrogen-bond donors (Lipinski definition) is 0. The number of rotatable bonds is 3. The normalized spacial score (nSPS) is 39.5. The molecular formula is C31H42O3. The Morgan fingerprint density at radius 3 is 2.47 bits per heavy atom. The molecule has 0 aromatic heterocycles. The van der Waals surface area contributed by atoms with Gasteiger partial charge in [0, 0.05) is 5.92 Å². The SMILES string of the molecule is CC(C)(C)OC(=O)[C@H]1CC[C@H]2[C@@H]3CCC4=CC(=O)[C@H](Cc5ccccc5)C[C@]4(C)[C@H]3CC[C@]12C. The van der Waals surface area contributed by atoms with Crippen molar-refractivity contribution in [2.75, 3.05) is 0 Å². The van der Waals surface area contributed by atoms with Crippen LogP contribution in [0.25, 0.3) is 0 Å². The highest BCUT2D eigenvalue weighted by atomic mass is 16.6. The maximum Gasteiger partial charge on any atom is 0.310 e. The monoisotopic (exact) mass is 462 g/mol. The molecule has 4 aliphatic carbocycles. The van der Waals surface area contributed by atoms with Crippen LogP contribution in [0.3, 0.4) is 0 Å². The summed E-state index contributed by atoms with van der Waals surface area (Å²) in [6.07, 6.45) is 10.5. The minimum absolute atomic E-state index is 0.0183. The van der Waals surface area contributed by atoms with E-state index in [0.29, 0.717) is 23.5 Å². The standard InChI is InChI=1S/C31H42O3/c1-29(2,3)34-28(33)26-14-13-24-23-12-11-22-18-27(32)21(17-20-9-7-6-8-10-20)19-31(22,5)25(23)15-16-30(24,26)4/h6-10,18,21,23-26H,11-17,19H2,1-5H3/t21-,23+,24+,25+,26-,30+,31+/m1/s1. The van der Waals surface area contributed by atoms with E-state index in [4.69, 9.17) is 4.74 Å². The van der Waals surface area contributed by atoms with Crippen LogP contribution in [-0.2, 0) is 20.7 Å². The molecule has 0 aliphatic heterocycles. The number of carbonyl (C=O) groups is 2. The summed E-state index contributed by atoms with van der Waals surface area (Å²) < 4.78 is 5.87. The Morgan fingerprint density at radius 1 is 1.03 bits per heavy atom. The molecule has 0 bridgehead atoms. The molecular weight excluding hydrogens is 420 g/mol. The van der Waals surface area contributed by atoms with Crippen molar-refractivity contribution in [3.8, 4) is 0 Å². The van der Waals surface area contributed by atoms with Crippen molar-refractivity contribution in [2.45, 2.75) is 91.6 Å². The van der Waals surface area contributed by atoms with E-state index < -0.39 is 5.60 Å². The summed E-state index contributed by atoms with van der Waals surface area (Å²) in [5.41, 5.74) is 2.41. The molecule has 0 spiro atoms. The highest BCUT2D eigenvalue weighted by molar-refractivity contribution is 5.94. The van der Waals surface area contributed by atoms with Crippen LogP contribution in [0.4, 0.5) is 0 Å². The number of ether oxygens (including phenoxy) is 1. The van der Waals surface area contributed by atoms with Gasteiger partial charge in [0.25, 0.3) is 0 Å². The summed E-state index contributed by atoms with van der Waals surface area (Å²) in [5, 5.41) is 0. The molecule has 1 aromatic carbocycles. The third-order valence-corrected chi connectivity index (χ3v) is 10.1. The van der Waals surface area contributed by atoms with E-state index in [-0.39, 0.29) is 28.6 Å². The van der Waals surface area contributed by atoms with Crippen molar-refractivity contribution >= 4 is 11.8 Å². The zero-order valence-electron chi connectivity index (χ0n) is 21.7. The van der Waals surface area contributed by atoms with Gasteiger partial charge in [0.1, 0.15) is 5.60 Å². The van der Waals surface area contributed by atoms with Gasteiger partial charge in [0.2, 0.25) is 0 Å². The molecule has 7 atom stereocenters. The summed E-state index contributed by atoms with van der Waals surface area (Å²) >= 11 is 0. The zero-order valence-corrected chi connectivity index (χ0v) is 21.7. The second kappa shape index (κ2) is 8.35. The van der Waals surface area contributed by atoms with Crippen LogP contribution < -0.4 is 0 Å². The lowest BCUT2D eigenvalue weighted by Gasteiger charge is -2.58. The van der Waals surface area contributed by atoms with E-state index in [1.807, 2.05) is 32.9 Å². The van der Waals surface area contributed by atoms with Gasteiger partial charge in [0.05, 0.1) is 5.92 Å². The fourth-order valence-corrected chi connectivity index (χ4v) is 8.58. The van der Waals surface area contributed by atoms with Crippen LogP contribution in [0, 0.1) is 40.4 Å². The van der Waals surface area contributed by atoms with Crippen LogP contribution in [0.2, 0.25) is 0 Å². The number of fused-ring (bicyclic) bond motifs is 5. The van der Waals surface area contributed by atoms with E-state index in [1.165, 1.54) is 17.6 Å². The Bertz CT molecular complexity index is 986. The minimum atomic E-state index is -0.427. The van der Waals surface area contributed by atoms with Gasteiger partial charge in [-0.15, -0.1) is 0 Å². The second-order valence-electron chi connectivity index (χ2n) is 13.2.